The molecule has 0 bridgehead atoms. The molecular weight excluding hydrogens is 532 g/mol. The molecule has 0 saturated carbocycles. The molecule has 6 heteroatoms. The van der Waals surface area contributed by atoms with Gasteiger partial charge >= 0.3 is 0 Å². The molecule has 214 valence electrons. The van der Waals surface area contributed by atoms with Crippen molar-refractivity contribution in [3.8, 4) is 33.8 Å². The van der Waals surface area contributed by atoms with E-state index in [9.17, 15) is 4.79 Å². The fourth-order valence-electron chi connectivity index (χ4n) is 6.52. The molecule has 1 N–H and O–H groups in total. The lowest BCUT2D eigenvalue weighted by Gasteiger charge is -2.40. The Morgan fingerprint density at radius 2 is 1.58 bits per heavy atom. The molecule has 1 amide bonds. The van der Waals surface area contributed by atoms with E-state index in [1.807, 2.05) is 48.0 Å². The van der Waals surface area contributed by atoms with Crippen molar-refractivity contribution in [1.29, 1.82) is 0 Å². The number of hydrogen-bond donors (Lipinski definition) is 1. The quantitative estimate of drug-likeness (QED) is 0.226. The summed E-state index contributed by atoms with van der Waals surface area (Å²) in [5.74, 6) is 0.885. The second-order valence-electron chi connectivity index (χ2n) is 11.6. The maximum atomic E-state index is 12.7. The van der Waals surface area contributed by atoms with Crippen molar-refractivity contribution in [2.24, 2.45) is 0 Å². The van der Waals surface area contributed by atoms with Crippen molar-refractivity contribution >= 4 is 17.7 Å². The van der Waals surface area contributed by atoms with Crippen molar-refractivity contribution in [3.05, 3.63) is 127 Å². The van der Waals surface area contributed by atoms with E-state index in [0.29, 0.717) is 13.2 Å². The molecular formula is C37H34N4O2. The number of benzene rings is 4. The van der Waals surface area contributed by atoms with Crippen LogP contribution < -0.4 is 15.0 Å². The summed E-state index contributed by atoms with van der Waals surface area (Å²) in [6.07, 6.45) is 6.37. The smallest absolute Gasteiger partial charge is 0.241 e. The predicted octanol–water partition coefficient (Wildman–Crippen LogP) is 7.24. The van der Waals surface area contributed by atoms with E-state index < -0.39 is 5.66 Å². The molecule has 4 aromatic carbocycles. The lowest BCUT2D eigenvalue weighted by Crippen LogP contribution is -2.58. The molecule has 43 heavy (non-hydrogen) atoms. The Bertz CT molecular complexity index is 1820. The predicted molar refractivity (Wildman–Crippen MR) is 172 cm³/mol. The molecule has 1 fully saturated rings. The van der Waals surface area contributed by atoms with Gasteiger partial charge in [-0.05, 0) is 72.2 Å². The van der Waals surface area contributed by atoms with E-state index in [-0.39, 0.29) is 11.3 Å². The number of carbonyl (C=O) groups excluding carboxylic acids is 1. The lowest BCUT2D eigenvalue weighted by molar-refractivity contribution is -0.118. The number of anilines is 1. The Hall–Kier alpha value is -5.10. The van der Waals surface area contributed by atoms with Gasteiger partial charge in [-0.3, -0.25) is 4.79 Å². The summed E-state index contributed by atoms with van der Waals surface area (Å²) >= 11 is 0. The van der Waals surface area contributed by atoms with Crippen molar-refractivity contribution in [2.75, 3.05) is 18.1 Å². The van der Waals surface area contributed by atoms with E-state index in [0.717, 1.165) is 45.1 Å². The topological polar surface area (TPSA) is 59.4 Å². The maximum Gasteiger partial charge on any atom is 0.241 e. The first-order chi connectivity index (χ1) is 20.9. The molecule has 3 heterocycles. The van der Waals surface area contributed by atoms with E-state index >= 15 is 0 Å². The van der Waals surface area contributed by atoms with E-state index in [1.165, 1.54) is 5.56 Å². The molecule has 7 rings (SSSR count). The highest BCUT2D eigenvalue weighted by Crippen LogP contribution is 2.52. The first-order valence-corrected chi connectivity index (χ1v) is 14.8. The van der Waals surface area contributed by atoms with Gasteiger partial charge in [-0.2, -0.15) is 5.10 Å². The highest BCUT2D eigenvalue weighted by Gasteiger charge is 2.59. The molecule has 1 saturated heterocycles. The highest BCUT2D eigenvalue weighted by molar-refractivity contribution is 5.91. The Kier molecular flexibility index (Phi) is 6.42. The van der Waals surface area contributed by atoms with Crippen LogP contribution in [-0.4, -0.2) is 34.5 Å². The molecule has 0 spiro atoms. The molecule has 1 aromatic heterocycles. The van der Waals surface area contributed by atoms with Crippen LogP contribution in [0, 0.1) is 0 Å². The summed E-state index contributed by atoms with van der Waals surface area (Å²) in [6, 6.07) is 35.2. The van der Waals surface area contributed by atoms with Gasteiger partial charge in [-0.25, -0.2) is 4.68 Å². The Labute approximate surface area is 252 Å². The molecule has 6 nitrogen and oxygen atoms in total. The molecule has 1 atom stereocenters. The minimum atomic E-state index is -0.621. The third-order valence-corrected chi connectivity index (χ3v) is 8.79. The Balaban J connectivity index is 1.23. The maximum absolute atomic E-state index is 12.7. The molecule has 2 aliphatic rings. The second-order valence-corrected chi connectivity index (χ2v) is 11.6. The molecule has 0 radical (unpaired) electrons. The molecule has 1 unspecified atom stereocenters. The van der Waals surface area contributed by atoms with Crippen LogP contribution >= 0.6 is 0 Å². The van der Waals surface area contributed by atoms with Crippen LogP contribution in [0.5, 0.6) is 5.75 Å². The van der Waals surface area contributed by atoms with E-state index in [1.54, 1.807) is 0 Å². The van der Waals surface area contributed by atoms with Crippen molar-refractivity contribution in [3.63, 3.8) is 0 Å². The monoisotopic (exact) mass is 566 g/mol. The summed E-state index contributed by atoms with van der Waals surface area (Å²) in [7, 11) is 0. The zero-order chi connectivity index (χ0) is 29.6. The highest BCUT2D eigenvalue weighted by atomic mass is 16.5. The fraction of sp³-hybridized carbons (Fsp3) is 0.189. The number of hydrogen-bond acceptors (Lipinski definition) is 4. The van der Waals surface area contributed by atoms with Gasteiger partial charge in [0.2, 0.25) is 5.91 Å². The number of para-hydroxylation sites is 2. The Morgan fingerprint density at radius 1 is 0.884 bits per heavy atom. The number of carbonyl (C=O) groups is 1. The van der Waals surface area contributed by atoms with E-state index in [2.05, 4.69) is 109 Å². The zero-order valence-corrected chi connectivity index (χ0v) is 24.6. The van der Waals surface area contributed by atoms with Gasteiger partial charge in [-0.1, -0.05) is 80.6 Å². The first kappa shape index (κ1) is 26.8. The summed E-state index contributed by atoms with van der Waals surface area (Å²) < 4.78 is 7.60. The lowest BCUT2D eigenvalue weighted by atomic mass is 9.75. The fourth-order valence-corrected chi connectivity index (χ4v) is 6.52. The third kappa shape index (κ3) is 4.41. The second kappa shape index (κ2) is 10.3. The van der Waals surface area contributed by atoms with Crippen LogP contribution in [0.1, 0.15) is 31.9 Å². The van der Waals surface area contributed by atoms with Crippen LogP contribution in [0.2, 0.25) is 0 Å². The standard InChI is InChI=1S/C37H34N4O2/c1-4-43-30-20-18-28(19-21-30)35-31(24-41(39-35)29-10-6-5-7-11-29)27-16-14-26(15-17-27)22-23-37-36(2,3)32-12-8-9-13-33(32)40(37)25-34(42)38-37/h5-24H,4,25H2,1-3H3,(H,38,42). The minimum Gasteiger partial charge on any atom is -0.494 e. The first-order valence-electron chi connectivity index (χ1n) is 14.8. The van der Waals surface area contributed by atoms with Crippen LogP contribution in [0.25, 0.3) is 34.1 Å². The molecule has 5 aromatic rings. The number of nitrogens with one attached hydrogen (secondary N) is 1. The molecule has 0 aliphatic carbocycles. The normalized spacial score (nSPS) is 18.5. The average molecular weight is 567 g/mol. The average Bonchev–Trinajstić information content (AvgIpc) is 3.68. The van der Waals surface area contributed by atoms with Gasteiger partial charge in [0.25, 0.3) is 0 Å². The number of fused-ring (bicyclic) bond motifs is 3. The summed E-state index contributed by atoms with van der Waals surface area (Å²) in [4.78, 5) is 14.9. The summed E-state index contributed by atoms with van der Waals surface area (Å²) in [5.41, 5.74) is 7.55. The van der Waals surface area contributed by atoms with Gasteiger partial charge in [0.15, 0.2) is 0 Å². The van der Waals surface area contributed by atoms with Crippen LogP contribution in [0.3, 0.4) is 0 Å². The minimum absolute atomic E-state index is 0.0415. The number of amides is 1. The number of aromatic nitrogens is 2. The van der Waals surface area contributed by atoms with E-state index in [4.69, 9.17) is 9.84 Å². The van der Waals surface area contributed by atoms with Gasteiger partial charge < -0.3 is 15.0 Å². The number of ether oxygens (including phenoxy) is 1. The largest absolute Gasteiger partial charge is 0.494 e. The number of rotatable bonds is 7. The zero-order valence-electron chi connectivity index (χ0n) is 24.6. The summed E-state index contributed by atoms with van der Waals surface area (Å²) in [6.45, 7) is 7.38. The van der Waals surface area contributed by atoms with Crippen LogP contribution in [-0.2, 0) is 10.2 Å². The Morgan fingerprint density at radius 3 is 2.33 bits per heavy atom. The van der Waals surface area contributed by atoms with Crippen LogP contribution in [0.15, 0.2) is 115 Å². The SMILES string of the molecule is CCOc1ccc(-c2nn(-c3ccccc3)cc2-c2ccc(C=CC34NC(=O)CN3c3ccccc3C4(C)C)cc2)cc1. The van der Waals surface area contributed by atoms with Gasteiger partial charge in [0.05, 0.1) is 18.8 Å². The van der Waals surface area contributed by atoms with Gasteiger partial charge in [-0.15, -0.1) is 0 Å². The third-order valence-electron chi connectivity index (χ3n) is 8.79. The van der Waals surface area contributed by atoms with Crippen molar-refractivity contribution in [1.82, 2.24) is 15.1 Å². The van der Waals surface area contributed by atoms with Crippen molar-refractivity contribution < 1.29 is 9.53 Å². The molecule has 2 aliphatic heterocycles. The van der Waals surface area contributed by atoms with Gasteiger partial charge in [0.1, 0.15) is 17.1 Å². The van der Waals surface area contributed by atoms with Gasteiger partial charge in [0, 0.05) is 28.4 Å². The van der Waals surface area contributed by atoms with Crippen molar-refractivity contribution in [2.45, 2.75) is 31.8 Å². The van der Waals surface area contributed by atoms with Crippen LogP contribution in [0.4, 0.5) is 5.69 Å². The summed E-state index contributed by atoms with van der Waals surface area (Å²) in [5, 5.41) is 8.32. The number of nitrogens with zero attached hydrogens (tertiary/aromatic N) is 3.